The number of fused-ring (bicyclic) bond motifs is 1. The van der Waals surface area contributed by atoms with Crippen LogP contribution >= 0.6 is 7.60 Å². The van der Waals surface area contributed by atoms with Crippen molar-refractivity contribution in [3.05, 3.63) is 35.6 Å². The Morgan fingerprint density at radius 1 is 1.12 bits per heavy atom. The maximum Gasteiger partial charge on any atom is 0.343 e. The van der Waals surface area contributed by atoms with Crippen LogP contribution in [0.2, 0.25) is 0 Å². The molecular formula is C19H27FNO4P. The van der Waals surface area contributed by atoms with Gasteiger partial charge in [-0.2, -0.15) is 0 Å². The summed E-state index contributed by atoms with van der Waals surface area (Å²) in [4.78, 5) is 15.1. The number of hydrogen-bond donors (Lipinski definition) is 0. The van der Waals surface area contributed by atoms with Crippen LogP contribution in [0.15, 0.2) is 24.3 Å². The first kappa shape index (κ1) is 19.5. The van der Waals surface area contributed by atoms with Gasteiger partial charge in [0, 0.05) is 11.6 Å². The van der Waals surface area contributed by atoms with E-state index in [0.29, 0.717) is 18.4 Å². The van der Waals surface area contributed by atoms with Gasteiger partial charge in [-0.05, 0) is 52.0 Å². The molecule has 3 unspecified atom stereocenters. The average molecular weight is 383 g/mol. The Morgan fingerprint density at radius 2 is 1.81 bits per heavy atom. The van der Waals surface area contributed by atoms with Crippen LogP contribution in [0.1, 0.15) is 57.6 Å². The first-order valence-corrected chi connectivity index (χ1v) is 11.1. The number of rotatable bonds is 6. The Bertz CT molecular complexity index is 688. The summed E-state index contributed by atoms with van der Waals surface area (Å²) in [5, 5.41) is 0. The minimum absolute atomic E-state index is 0.0637. The van der Waals surface area contributed by atoms with Gasteiger partial charge in [-0.25, -0.2) is 4.39 Å². The van der Waals surface area contributed by atoms with Crippen molar-refractivity contribution in [2.45, 2.75) is 63.7 Å². The van der Waals surface area contributed by atoms with Crippen LogP contribution in [-0.2, 0) is 18.4 Å². The Hall–Kier alpha value is -1.23. The van der Waals surface area contributed by atoms with Gasteiger partial charge in [-0.1, -0.05) is 18.2 Å². The van der Waals surface area contributed by atoms with E-state index in [2.05, 4.69) is 0 Å². The fourth-order valence-electron chi connectivity index (χ4n) is 4.26. The molecule has 2 fully saturated rings. The minimum atomic E-state index is -3.53. The van der Waals surface area contributed by atoms with Crippen LogP contribution in [0.5, 0.6) is 0 Å². The molecule has 0 aliphatic carbocycles. The predicted octanol–water partition coefficient (Wildman–Crippen LogP) is 4.68. The fraction of sp³-hybridized carbons (Fsp3) is 0.632. The summed E-state index contributed by atoms with van der Waals surface area (Å²) in [5.41, 5.74) is -0.264. The van der Waals surface area contributed by atoms with E-state index >= 15 is 0 Å². The van der Waals surface area contributed by atoms with Crippen molar-refractivity contribution in [1.82, 2.24) is 4.90 Å². The zero-order valence-corrected chi connectivity index (χ0v) is 16.3. The van der Waals surface area contributed by atoms with E-state index in [-0.39, 0.29) is 37.0 Å². The third-order valence-corrected chi connectivity index (χ3v) is 7.80. The van der Waals surface area contributed by atoms with Gasteiger partial charge in [0.2, 0.25) is 5.91 Å². The highest BCUT2D eigenvalue weighted by Gasteiger charge is 2.50. The number of piperidine rings is 2. The van der Waals surface area contributed by atoms with Crippen molar-refractivity contribution in [1.29, 1.82) is 0 Å². The van der Waals surface area contributed by atoms with Crippen molar-refractivity contribution < 1.29 is 22.8 Å². The third kappa shape index (κ3) is 3.60. The molecule has 0 spiro atoms. The molecule has 0 N–H and O–H groups in total. The number of hydrogen-bond acceptors (Lipinski definition) is 4. The van der Waals surface area contributed by atoms with Gasteiger partial charge in [0.1, 0.15) is 11.5 Å². The van der Waals surface area contributed by atoms with Gasteiger partial charge in [0.15, 0.2) is 0 Å². The van der Waals surface area contributed by atoms with E-state index in [1.54, 1.807) is 36.9 Å². The number of carbonyl (C=O) groups excluding carboxylic acids is 1. The molecule has 144 valence electrons. The monoisotopic (exact) mass is 383 g/mol. The Labute approximate surface area is 154 Å². The SMILES string of the molecule is CCOP(=O)(OCC)C1CCC2CCCC(c3ccccc3F)N2C1=O. The second-order valence-electron chi connectivity index (χ2n) is 6.84. The molecule has 2 aliphatic heterocycles. The van der Waals surface area contributed by atoms with Crippen molar-refractivity contribution in [2.24, 2.45) is 0 Å². The first-order chi connectivity index (χ1) is 12.5. The lowest BCUT2D eigenvalue weighted by atomic mass is 9.85. The van der Waals surface area contributed by atoms with Crippen LogP contribution in [0.25, 0.3) is 0 Å². The summed E-state index contributed by atoms with van der Waals surface area (Å²) in [5.74, 6) is -0.523. The molecule has 7 heteroatoms. The largest absolute Gasteiger partial charge is 0.343 e. The van der Waals surface area contributed by atoms with E-state index in [0.717, 1.165) is 19.3 Å². The predicted molar refractivity (Wildman–Crippen MR) is 97.5 cm³/mol. The molecule has 1 aromatic carbocycles. The van der Waals surface area contributed by atoms with Gasteiger partial charge in [-0.15, -0.1) is 0 Å². The zero-order chi connectivity index (χ0) is 18.7. The summed E-state index contributed by atoms with van der Waals surface area (Å²) in [6.45, 7) is 3.93. The van der Waals surface area contributed by atoms with Gasteiger partial charge >= 0.3 is 7.60 Å². The summed E-state index contributed by atoms with van der Waals surface area (Å²) in [6.07, 6.45) is 3.79. The van der Waals surface area contributed by atoms with E-state index in [1.165, 1.54) is 6.07 Å². The van der Waals surface area contributed by atoms with Gasteiger partial charge in [-0.3, -0.25) is 9.36 Å². The van der Waals surface area contributed by atoms with Crippen LogP contribution in [-0.4, -0.2) is 35.7 Å². The second-order valence-corrected chi connectivity index (χ2v) is 9.06. The Balaban J connectivity index is 1.93. The number of carbonyl (C=O) groups is 1. The van der Waals surface area contributed by atoms with Crippen LogP contribution < -0.4 is 0 Å². The fourth-order valence-corrected chi connectivity index (χ4v) is 6.29. The molecule has 3 atom stereocenters. The van der Waals surface area contributed by atoms with E-state index in [9.17, 15) is 13.8 Å². The Morgan fingerprint density at radius 3 is 2.46 bits per heavy atom. The van der Waals surface area contributed by atoms with Crippen molar-refractivity contribution in [2.75, 3.05) is 13.2 Å². The molecule has 1 aromatic rings. The molecule has 5 nitrogen and oxygen atoms in total. The lowest BCUT2D eigenvalue weighted by Crippen LogP contribution is -2.53. The number of amides is 1. The van der Waals surface area contributed by atoms with E-state index in [4.69, 9.17) is 9.05 Å². The molecular weight excluding hydrogens is 356 g/mol. The standard InChI is InChI=1S/C19H27FNO4P/c1-3-24-26(23,25-4-2)18-13-12-14-8-7-11-17(21(14)19(18)22)15-9-5-6-10-16(15)20/h5-6,9-10,14,17-18H,3-4,7-8,11-13H2,1-2H3. The van der Waals surface area contributed by atoms with Gasteiger partial charge < -0.3 is 13.9 Å². The normalized spacial score (nSPS) is 26.7. The van der Waals surface area contributed by atoms with Gasteiger partial charge in [0.25, 0.3) is 0 Å². The summed E-state index contributed by atoms with van der Waals surface area (Å²) in [7, 11) is -3.53. The molecule has 0 radical (unpaired) electrons. The number of nitrogens with zero attached hydrogens (tertiary/aromatic N) is 1. The topological polar surface area (TPSA) is 55.8 Å². The lowest BCUT2D eigenvalue weighted by molar-refractivity contribution is -0.142. The molecule has 0 aromatic heterocycles. The van der Waals surface area contributed by atoms with Crippen molar-refractivity contribution in [3.63, 3.8) is 0 Å². The van der Waals surface area contributed by atoms with E-state index in [1.807, 2.05) is 0 Å². The molecule has 0 bridgehead atoms. The highest BCUT2D eigenvalue weighted by Crippen LogP contribution is 2.57. The van der Waals surface area contributed by atoms with Crippen LogP contribution in [0.4, 0.5) is 4.39 Å². The molecule has 3 rings (SSSR count). The highest BCUT2D eigenvalue weighted by molar-refractivity contribution is 7.55. The quantitative estimate of drug-likeness (QED) is 0.670. The maximum atomic E-state index is 14.4. The first-order valence-electron chi connectivity index (χ1n) is 9.47. The molecule has 2 aliphatic rings. The smallest absolute Gasteiger partial charge is 0.332 e. The molecule has 26 heavy (non-hydrogen) atoms. The summed E-state index contributed by atoms with van der Waals surface area (Å²) in [6, 6.07) is 6.35. The zero-order valence-electron chi connectivity index (χ0n) is 15.4. The second kappa shape index (κ2) is 8.20. The highest BCUT2D eigenvalue weighted by atomic mass is 31.2. The van der Waals surface area contributed by atoms with Crippen molar-refractivity contribution in [3.8, 4) is 0 Å². The van der Waals surface area contributed by atoms with Crippen molar-refractivity contribution >= 4 is 13.5 Å². The molecule has 1 amide bonds. The maximum absolute atomic E-state index is 14.4. The van der Waals surface area contributed by atoms with E-state index < -0.39 is 13.3 Å². The minimum Gasteiger partial charge on any atom is -0.332 e. The number of benzene rings is 1. The van der Waals surface area contributed by atoms with Gasteiger partial charge in [0.05, 0.1) is 19.3 Å². The van der Waals surface area contributed by atoms with Crippen LogP contribution in [0.3, 0.4) is 0 Å². The third-order valence-electron chi connectivity index (χ3n) is 5.32. The summed E-state index contributed by atoms with van der Waals surface area (Å²) >= 11 is 0. The number of halogens is 1. The molecule has 0 saturated carbocycles. The lowest BCUT2D eigenvalue weighted by Gasteiger charge is -2.48. The van der Waals surface area contributed by atoms with Crippen LogP contribution in [0, 0.1) is 5.82 Å². The Kier molecular flexibility index (Phi) is 6.16. The molecule has 2 heterocycles. The average Bonchev–Trinajstić information content (AvgIpc) is 2.62. The molecule has 2 saturated heterocycles. The summed E-state index contributed by atoms with van der Waals surface area (Å²) < 4.78 is 38.5.